The molecule has 2 heterocycles. The lowest BCUT2D eigenvalue weighted by Gasteiger charge is -2.07. The second kappa shape index (κ2) is 8.98. The van der Waals surface area contributed by atoms with Gasteiger partial charge in [0.05, 0.1) is 19.6 Å². The number of carbonyl (C=O) groups is 1. The lowest BCUT2D eigenvalue weighted by molar-refractivity contribution is -0.120. The van der Waals surface area contributed by atoms with Gasteiger partial charge >= 0.3 is 0 Å². The van der Waals surface area contributed by atoms with E-state index in [-0.39, 0.29) is 5.91 Å². The van der Waals surface area contributed by atoms with Gasteiger partial charge in [0.15, 0.2) is 0 Å². The van der Waals surface area contributed by atoms with E-state index in [0.717, 1.165) is 26.6 Å². The van der Waals surface area contributed by atoms with Gasteiger partial charge in [-0.25, -0.2) is 0 Å². The van der Waals surface area contributed by atoms with E-state index in [1.807, 2.05) is 60.1 Å². The van der Waals surface area contributed by atoms with E-state index in [1.54, 1.807) is 11.3 Å². The van der Waals surface area contributed by atoms with Crippen LogP contribution >= 0.6 is 22.7 Å². The number of carbonyl (C=O) groups excluding carboxylic acids is 1. The summed E-state index contributed by atoms with van der Waals surface area (Å²) in [6, 6.07) is 13.4. The normalized spacial score (nSPS) is 11.9. The summed E-state index contributed by atoms with van der Waals surface area (Å²) in [4.78, 5) is 14.0. The molecule has 0 fully saturated rings. The molecule has 0 aliphatic heterocycles. The van der Waals surface area contributed by atoms with Crippen LogP contribution in [-0.2, 0) is 17.8 Å². The monoisotopic (exact) mass is 387 g/mol. The molecule has 0 spiro atoms. The molecule has 2 aromatic heterocycles. The predicted octanol–water partition coefficient (Wildman–Crippen LogP) is 4.15. The van der Waals surface area contributed by atoms with Gasteiger partial charge in [0.1, 0.15) is 11.9 Å². The van der Waals surface area contributed by atoms with Crippen LogP contribution in [0.25, 0.3) is 0 Å². The number of aliphatic hydroxyl groups excluding tert-OH is 1. The summed E-state index contributed by atoms with van der Waals surface area (Å²) < 4.78 is 5.40. The van der Waals surface area contributed by atoms with E-state index in [9.17, 15) is 9.90 Å². The number of nitrogens with one attached hydrogen (secondary N) is 1. The molecule has 3 rings (SSSR count). The summed E-state index contributed by atoms with van der Waals surface area (Å²) in [6.45, 7) is 3.04. The Morgan fingerprint density at radius 3 is 2.69 bits per heavy atom. The van der Waals surface area contributed by atoms with E-state index in [4.69, 9.17) is 4.74 Å². The standard InChI is InChI=1S/C20H21NO3S2/c1-2-24-16-5-3-14(4-6-16)11-19(22)21-12-17-7-8-18(26-17)20(23)15-9-10-25-13-15/h3-10,13,20,23H,2,11-12H2,1H3,(H,21,22). The van der Waals surface area contributed by atoms with Crippen LogP contribution in [0.15, 0.2) is 53.2 Å². The maximum Gasteiger partial charge on any atom is 0.224 e. The zero-order valence-corrected chi connectivity index (χ0v) is 16.1. The molecular formula is C20H21NO3S2. The molecule has 6 heteroatoms. The molecule has 1 atom stereocenters. The Bertz CT molecular complexity index is 825. The number of rotatable bonds is 8. The molecule has 0 saturated carbocycles. The molecule has 0 aliphatic carbocycles. The number of hydrogen-bond donors (Lipinski definition) is 2. The van der Waals surface area contributed by atoms with Gasteiger partial charge in [-0.15, -0.1) is 11.3 Å². The van der Waals surface area contributed by atoms with E-state index in [0.29, 0.717) is 19.6 Å². The number of benzene rings is 1. The van der Waals surface area contributed by atoms with E-state index in [2.05, 4.69) is 5.32 Å². The third kappa shape index (κ3) is 4.94. The highest BCUT2D eigenvalue weighted by atomic mass is 32.1. The highest BCUT2D eigenvalue weighted by Crippen LogP contribution is 2.29. The van der Waals surface area contributed by atoms with Crippen molar-refractivity contribution in [3.63, 3.8) is 0 Å². The summed E-state index contributed by atoms with van der Waals surface area (Å²) in [5.41, 5.74) is 1.86. The third-order valence-electron chi connectivity index (χ3n) is 3.87. The Labute approximate surface area is 161 Å². The number of amides is 1. The number of thiophene rings is 2. The Kier molecular flexibility index (Phi) is 6.44. The van der Waals surface area contributed by atoms with Crippen molar-refractivity contribution in [2.75, 3.05) is 6.61 Å². The van der Waals surface area contributed by atoms with Crippen molar-refractivity contribution in [3.05, 3.63) is 74.1 Å². The third-order valence-corrected chi connectivity index (χ3v) is 5.71. The van der Waals surface area contributed by atoms with E-state index < -0.39 is 6.10 Å². The average molecular weight is 388 g/mol. The minimum Gasteiger partial charge on any atom is -0.494 e. The molecule has 1 aromatic carbocycles. The highest BCUT2D eigenvalue weighted by Gasteiger charge is 2.13. The van der Waals surface area contributed by atoms with Crippen LogP contribution in [0.5, 0.6) is 5.75 Å². The topological polar surface area (TPSA) is 58.6 Å². The van der Waals surface area contributed by atoms with Gasteiger partial charge in [-0.05, 0) is 59.1 Å². The molecule has 0 aliphatic rings. The minimum atomic E-state index is -0.598. The van der Waals surface area contributed by atoms with Crippen molar-refractivity contribution in [1.29, 1.82) is 0 Å². The van der Waals surface area contributed by atoms with Crippen LogP contribution in [0, 0.1) is 0 Å². The fourth-order valence-corrected chi connectivity index (χ4v) is 4.18. The summed E-state index contributed by atoms with van der Waals surface area (Å²) in [7, 11) is 0. The van der Waals surface area contributed by atoms with Crippen LogP contribution in [0.4, 0.5) is 0 Å². The zero-order valence-electron chi connectivity index (χ0n) is 14.5. The number of ether oxygens (including phenoxy) is 1. The highest BCUT2D eigenvalue weighted by molar-refractivity contribution is 7.12. The lowest BCUT2D eigenvalue weighted by atomic mass is 10.1. The summed E-state index contributed by atoms with van der Waals surface area (Å²) in [6.07, 6.45) is -0.262. The average Bonchev–Trinajstić information content (AvgIpc) is 3.33. The Balaban J connectivity index is 1.50. The van der Waals surface area contributed by atoms with Crippen molar-refractivity contribution in [2.24, 2.45) is 0 Å². The fraction of sp³-hybridized carbons (Fsp3) is 0.250. The second-order valence-electron chi connectivity index (χ2n) is 5.79. The predicted molar refractivity (Wildman–Crippen MR) is 106 cm³/mol. The summed E-state index contributed by atoms with van der Waals surface area (Å²) >= 11 is 3.09. The number of aliphatic hydroxyl groups is 1. The fourth-order valence-electron chi connectivity index (χ4n) is 2.54. The molecule has 0 bridgehead atoms. The molecule has 1 amide bonds. The van der Waals surface area contributed by atoms with Gasteiger partial charge in [0.25, 0.3) is 0 Å². The van der Waals surface area contributed by atoms with Gasteiger partial charge in [0, 0.05) is 9.75 Å². The maximum atomic E-state index is 12.1. The van der Waals surface area contributed by atoms with Crippen molar-refractivity contribution in [3.8, 4) is 5.75 Å². The first-order valence-electron chi connectivity index (χ1n) is 8.43. The molecule has 136 valence electrons. The van der Waals surface area contributed by atoms with Crippen LogP contribution in [-0.4, -0.2) is 17.6 Å². The van der Waals surface area contributed by atoms with Crippen molar-refractivity contribution >= 4 is 28.6 Å². The van der Waals surface area contributed by atoms with Gasteiger partial charge in [0.2, 0.25) is 5.91 Å². The molecule has 2 N–H and O–H groups in total. The summed E-state index contributed by atoms with van der Waals surface area (Å²) in [5.74, 6) is 0.787. The summed E-state index contributed by atoms with van der Waals surface area (Å²) in [5, 5.41) is 17.2. The molecule has 0 radical (unpaired) electrons. The molecule has 3 aromatic rings. The Morgan fingerprint density at radius 1 is 1.19 bits per heavy atom. The van der Waals surface area contributed by atoms with Crippen LogP contribution in [0.1, 0.15) is 33.9 Å². The number of hydrogen-bond acceptors (Lipinski definition) is 5. The first-order chi connectivity index (χ1) is 12.7. The molecule has 0 saturated heterocycles. The van der Waals surface area contributed by atoms with Crippen LogP contribution in [0.3, 0.4) is 0 Å². The van der Waals surface area contributed by atoms with Crippen LogP contribution < -0.4 is 10.1 Å². The first kappa shape index (κ1) is 18.6. The zero-order chi connectivity index (χ0) is 18.4. The minimum absolute atomic E-state index is 0.0255. The van der Waals surface area contributed by atoms with Gasteiger partial charge in [-0.1, -0.05) is 12.1 Å². The van der Waals surface area contributed by atoms with Gasteiger partial charge < -0.3 is 15.2 Å². The second-order valence-corrected chi connectivity index (χ2v) is 7.77. The van der Waals surface area contributed by atoms with Crippen molar-refractivity contribution in [2.45, 2.75) is 26.0 Å². The SMILES string of the molecule is CCOc1ccc(CC(=O)NCc2ccc(C(O)c3ccsc3)s2)cc1. The van der Waals surface area contributed by atoms with Gasteiger partial charge in [-0.3, -0.25) is 4.79 Å². The van der Waals surface area contributed by atoms with Crippen molar-refractivity contribution in [1.82, 2.24) is 5.32 Å². The van der Waals surface area contributed by atoms with E-state index >= 15 is 0 Å². The first-order valence-corrected chi connectivity index (χ1v) is 10.2. The Hall–Kier alpha value is -2.15. The van der Waals surface area contributed by atoms with E-state index in [1.165, 1.54) is 11.3 Å². The largest absolute Gasteiger partial charge is 0.494 e. The Morgan fingerprint density at radius 2 is 2.00 bits per heavy atom. The molecule has 26 heavy (non-hydrogen) atoms. The van der Waals surface area contributed by atoms with Crippen LogP contribution in [0.2, 0.25) is 0 Å². The molecular weight excluding hydrogens is 366 g/mol. The lowest BCUT2D eigenvalue weighted by Crippen LogP contribution is -2.24. The smallest absolute Gasteiger partial charge is 0.224 e. The maximum absolute atomic E-state index is 12.1. The quantitative estimate of drug-likeness (QED) is 0.610. The van der Waals surface area contributed by atoms with Gasteiger partial charge in [-0.2, -0.15) is 11.3 Å². The van der Waals surface area contributed by atoms with Crippen molar-refractivity contribution < 1.29 is 14.6 Å². The molecule has 4 nitrogen and oxygen atoms in total. The molecule has 1 unspecified atom stereocenters.